The summed E-state index contributed by atoms with van der Waals surface area (Å²) in [6.45, 7) is 0.229. The number of nitrogens with zero attached hydrogens (tertiary/aromatic N) is 1. The molecule has 0 saturated carbocycles. The Morgan fingerprint density at radius 2 is 1.93 bits per heavy atom. The molecule has 27 heavy (non-hydrogen) atoms. The molecule has 138 valence electrons. The van der Waals surface area contributed by atoms with Gasteiger partial charge in [-0.25, -0.2) is 0 Å². The number of hydrogen-bond acceptors (Lipinski definition) is 4. The van der Waals surface area contributed by atoms with E-state index in [0.29, 0.717) is 19.9 Å². The van der Waals surface area contributed by atoms with E-state index in [1.165, 1.54) is 16.7 Å². The molecular weight excluding hydrogens is 468 g/mol. The minimum Gasteiger partial charge on any atom is -0.326 e. The van der Waals surface area contributed by atoms with Crippen molar-refractivity contribution in [1.82, 2.24) is 4.90 Å². The summed E-state index contributed by atoms with van der Waals surface area (Å²) in [5, 5.41) is 3.37. The number of anilines is 1. The summed E-state index contributed by atoms with van der Waals surface area (Å²) in [4.78, 5) is 26.7. The van der Waals surface area contributed by atoms with Gasteiger partial charge in [0.1, 0.15) is 4.32 Å². The van der Waals surface area contributed by atoms with Gasteiger partial charge in [-0.3, -0.25) is 14.5 Å². The highest BCUT2D eigenvalue weighted by atomic mass is 79.9. The van der Waals surface area contributed by atoms with Crippen molar-refractivity contribution in [3.8, 4) is 0 Å². The molecule has 0 aliphatic carbocycles. The van der Waals surface area contributed by atoms with Crippen molar-refractivity contribution in [2.45, 2.75) is 6.42 Å². The van der Waals surface area contributed by atoms with Crippen molar-refractivity contribution in [1.29, 1.82) is 0 Å². The molecule has 1 fully saturated rings. The van der Waals surface area contributed by atoms with Gasteiger partial charge in [0.25, 0.3) is 5.91 Å². The van der Waals surface area contributed by atoms with E-state index in [1.807, 2.05) is 30.3 Å². The van der Waals surface area contributed by atoms with Crippen molar-refractivity contribution in [3.63, 3.8) is 0 Å². The maximum atomic E-state index is 12.6. The predicted molar refractivity (Wildman–Crippen MR) is 119 cm³/mol. The Morgan fingerprint density at radius 3 is 2.63 bits per heavy atom. The summed E-state index contributed by atoms with van der Waals surface area (Å²) < 4.78 is 1.37. The first-order chi connectivity index (χ1) is 12.9. The number of benzene rings is 2. The zero-order chi connectivity index (χ0) is 19.4. The maximum Gasteiger partial charge on any atom is 0.266 e. The van der Waals surface area contributed by atoms with E-state index in [-0.39, 0.29) is 24.8 Å². The van der Waals surface area contributed by atoms with Crippen LogP contribution in [0.3, 0.4) is 0 Å². The van der Waals surface area contributed by atoms with Crippen LogP contribution in [0.15, 0.2) is 57.9 Å². The highest BCUT2D eigenvalue weighted by Gasteiger charge is 2.32. The van der Waals surface area contributed by atoms with E-state index in [4.69, 9.17) is 23.8 Å². The van der Waals surface area contributed by atoms with Crippen LogP contribution in [0.5, 0.6) is 0 Å². The quantitative estimate of drug-likeness (QED) is 0.463. The van der Waals surface area contributed by atoms with Crippen LogP contribution in [0.2, 0.25) is 5.02 Å². The minimum atomic E-state index is -0.207. The van der Waals surface area contributed by atoms with Crippen LogP contribution in [0.4, 0.5) is 5.69 Å². The van der Waals surface area contributed by atoms with Gasteiger partial charge in [-0.2, -0.15) is 0 Å². The van der Waals surface area contributed by atoms with E-state index in [1.54, 1.807) is 24.3 Å². The number of halogens is 2. The van der Waals surface area contributed by atoms with Crippen LogP contribution in [0.1, 0.15) is 12.0 Å². The summed E-state index contributed by atoms with van der Waals surface area (Å²) in [7, 11) is 0. The largest absolute Gasteiger partial charge is 0.326 e. The molecular formula is C19H14BrClN2O2S2. The molecule has 2 aromatic rings. The van der Waals surface area contributed by atoms with Crippen LogP contribution < -0.4 is 5.32 Å². The Hall–Kier alpha value is -1.67. The van der Waals surface area contributed by atoms with Gasteiger partial charge in [0, 0.05) is 28.1 Å². The first kappa shape index (κ1) is 20.1. The Bertz CT molecular complexity index is 932. The molecule has 1 saturated heterocycles. The molecule has 8 heteroatoms. The molecule has 0 bridgehead atoms. The van der Waals surface area contributed by atoms with E-state index in [9.17, 15) is 9.59 Å². The first-order valence-corrected chi connectivity index (χ1v) is 10.4. The number of carbonyl (C=O) groups excluding carboxylic acids is 2. The number of nitrogens with one attached hydrogen (secondary N) is 1. The topological polar surface area (TPSA) is 49.4 Å². The van der Waals surface area contributed by atoms with Gasteiger partial charge < -0.3 is 5.32 Å². The van der Waals surface area contributed by atoms with E-state index in [0.717, 1.165) is 10.0 Å². The molecule has 0 radical (unpaired) electrons. The second kappa shape index (κ2) is 9.01. The molecule has 0 atom stereocenters. The lowest BCUT2D eigenvalue weighted by atomic mass is 10.2. The van der Waals surface area contributed by atoms with Gasteiger partial charge >= 0.3 is 0 Å². The molecule has 2 amide bonds. The summed E-state index contributed by atoms with van der Waals surface area (Å²) in [6, 6.07) is 14.6. The van der Waals surface area contributed by atoms with Gasteiger partial charge in [-0.05, 0) is 42.0 Å². The average molecular weight is 482 g/mol. The Kier molecular flexibility index (Phi) is 6.70. The minimum absolute atomic E-state index is 0.155. The summed E-state index contributed by atoms with van der Waals surface area (Å²) in [5.41, 5.74) is 1.46. The monoisotopic (exact) mass is 480 g/mol. The second-order valence-electron chi connectivity index (χ2n) is 5.66. The average Bonchev–Trinajstić information content (AvgIpc) is 2.90. The number of amides is 2. The fraction of sp³-hybridized carbons (Fsp3) is 0.105. The SMILES string of the molecule is O=C(CCN1C(=O)C(=Cc2ccccc2Cl)SC1=S)Nc1ccc(Br)cc1. The summed E-state index contributed by atoms with van der Waals surface area (Å²) in [5.74, 6) is -0.386. The van der Waals surface area contributed by atoms with Crippen molar-refractivity contribution < 1.29 is 9.59 Å². The Morgan fingerprint density at radius 1 is 1.22 bits per heavy atom. The second-order valence-corrected chi connectivity index (χ2v) is 8.66. The Balaban J connectivity index is 1.61. The third kappa shape index (κ3) is 5.19. The number of thiocarbonyl (C=S) groups is 1. The predicted octanol–water partition coefficient (Wildman–Crippen LogP) is 5.33. The first-order valence-electron chi connectivity index (χ1n) is 7.99. The third-order valence-electron chi connectivity index (χ3n) is 3.76. The van der Waals surface area contributed by atoms with Crippen LogP contribution in [-0.2, 0) is 9.59 Å². The van der Waals surface area contributed by atoms with E-state index in [2.05, 4.69) is 21.2 Å². The molecule has 1 heterocycles. The van der Waals surface area contributed by atoms with Crippen molar-refractivity contribution in [3.05, 3.63) is 68.5 Å². The molecule has 1 N–H and O–H groups in total. The van der Waals surface area contributed by atoms with Gasteiger partial charge in [0.2, 0.25) is 5.91 Å². The van der Waals surface area contributed by atoms with Crippen LogP contribution in [0.25, 0.3) is 6.08 Å². The van der Waals surface area contributed by atoms with Crippen molar-refractivity contribution in [2.24, 2.45) is 0 Å². The van der Waals surface area contributed by atoms with Crippen LogP contribution in [0, 0.1) is 0 Å². The molecule has 0 aromatic heterocycles. The third-order valence-corrected chi connectivity index (χ3v) is 6.01. The fourth-order valence-corrected chi connectivity index (χ4v) is 4.15. The van der Waals surface area contributed by atoms with E-state index >= 15 is 0 Å². The summed E-state index contributed by atoms with van der Waals surface area (Å²) >= 11 is 16.0. The summed E-state index contributed by atoms with van der Waals surface area (Å²) in [6.07, 6.45) is 1.88. The smallest absolute Gasteiger partial charge is 0.266 e. The molecule has 3 rings (SSSR count). The lowest BCUT2D eigenvalue weighted by Gasteiger charge is -2.14. The lowest BCUT2D eigenvalue weighted by molar-refractivity contribution is -0.122. The van der Waals surface area contributed by atoms with Crippen LogP contribution in [-0.4, -0.2) is 27.6 Å². The highest BCUT2D eigenvalue weighted by molar-refractivity contribution is 9.10. The molecule has 1 aliphatic rings. The number of carbonyl (C=O) groups is 2. The van der Waals surface area contributed by atoms with Gasteiger partial charge in [-0.1, -0.05) is 69.7 Å². The van der Waals surface area contributed by atoms with Crippen molar-refractivity contribution in [2.75, 3.05) is 11.9 Å². The molecule has 4 nitrogen and oxygen atoms in total. The van der Waals surface area contributed by atoms with Gasteiger partial charge in [0.05, 0.1) is 4.91 Å². The Labute approximate surface area is 180 Å². The zero-order valence-electron chi connectivity index (χ0n) is 13.9. The van der Waals surface area contributed by atoms with Gasteiger partial charge in [-0.15, -0.1) is 0 Å². The lowest BCUT2D eigenvalue weighted by Crippen LogP contribution is -2.31. The molecule has 0 spiro atoms. The molecule has 2 aromatic carbocycles. The zero-order valence-corrected chi connectivity index (χ0v) is 17.9. The molecule has 1 aliphatic heterocycles. The highest BCUT2D eigenvalue weighted by Crippen LogP contribution is 2.33. The van der Waals surface area contributed by atoms with E-state index < -0.39 is 0 Å². The normalized spacial score (nSPS) is 15.5. The molecule has 0 unspecified atom stereocenters. The standard InChI is InChI=1S/C19H14BrClN2O2S2/c20-13-5-7-14(8-6-13)22-17(24)9-10-23-18(25)16(27-19(23)26)11-12-3-1-2-4-15(12)21/h1-8,11H,9-10H2,(H,22,24). The van der Waals surface area contributed by atoms with Crippen molar-refractivity contribution >= 4 is 79.4 Å². The number of hydrogen-bond donors (Lipinski definition) is 1. The van der Waals surface area contributed by atoms with Crippen LogP contribution >= 0.6 is 51.5 Å². The number of rotatable bonds is 5. The fourth-order valence-electron chi connectivity index (χ4n) is 2.40. The number of thioether (sulfide) groups is 1. The maximum absolute atomic E-state index is 12.6. The van der Waals surface area contributed by atoms with Gasteiger partial charge in [0.15, 0.2) is 0 Å².